The molecule has 3 heteroatoms. The summed E-state index contributed by atoms with van der Waals surface area (Å²) >= 11 is 1.60. The number of carbonyl (C=O) groups is 1. The van der Waals surface area contributed by atoms with Gasteiger partial charge in [-0.3, -0.25) is 4.79 Å². The molecule has 0 aliphatic heterocycles. The lowest BCUT2D eigenvalue weighted by Crippen LogP contribution is -2.13. The van der Waals surface area contributed by atoms with Gasteiger partial charge in [-0.15, -0.1) is 11.8 Å². The fourth-order valence-corrected chi connectivity index (χ4v) is 2.20. The summed E-state index contributed by atoms with van der Waals surface area (Å²) in [6.07, 6.45) is 0. The van der Waals surface area contributed by atoms with Gasteiger partial charge in [-0.1, -0.05) is 37.3 Å². The first-order valence-corrected chi connectivity index (χ1v) is 6.17. The highest BCUT2D eigenvalue weighted by molar-refractivity contribution is 8.00. The second-order valence-electron chi connectivity index (χ2n) is 3.00. The fourth-order valence-electron chi connectivity index (χ4n) is 1.31. The predicted molar refractivity (Wildman–Crippen MR) is 63.9 cm³/mol. The van der Waals surface area contributed by atoms with E-state index in [0.717, 1.165) is 11.3 Å². The van der Waals surface area contributed by atoms with Crippen molar-refractivity contribution < 1.29 is 9.53 Å². The Labute approximate surface area is 95.0 Å². The van der Waals surface area contributed by atoms with Crippen molar-refractivity contribution in [3.63, 3.8) is 0 Å². The Morgan fingerprint density at radius 1 is 1.33 bits per heavy atom. The van der Waals surface area contributed by atoms with E-state index in [1.165, 1.54) is 0 Å². The van der Waals surface area contributed by atoms with Crippen LogP contribution in [0.2, 0.25) is 0 Å². The van der Waals surface area contributed by atoms with Crippen LogP contribution in [0.5, 0.6) is 0 Å². The topological polar surface area (TPSA) is 26.3 Å². The molecule has 0 heterocycles. The van der Waals surface area contributed by atoms with Crippen LogP contribution in [0.4, 0.5) is 0 Å². The molecule has 0 fully saturated rings. The predicted octanol–water partition coefficient (Wildman–Crippen LogP) is 3.04. The van der Waals surface area contributed by atoms with Crippen molar-refractivity contribution in [1.82, 2.24) is 0 Å². The van der Waals surface area contributed by atoms with E-state index in [-0.39, 0.29) is 11.2 Å². The van der Waals surface area contributed by atoms with Crippen molar-refractivity contribution in [3.05, 3.63) is 35.9 Å². The maximum absolute atomic E-state index is 11.7. The number of thioether (sulfide) groups is 1. The van der Waals surface area contributed by atoms with Crippen LogP contribution < -0.4 is 0 Å². The quantitative estimate of drug-likeness (QED) is 0.719. The maximum atomic E-state index is 11.7. The van der Waals surface area contributed by atoms with E-state index in [0.29, 0.717) is 6.61 Å². The first-order valence-electron chi connectivity index (χ1n) is 5.12. The molecule has 0 bridgehead atoms. The van der Waals surface area contributed by atoms with E-state index >= 15 is 0 Å². The number of esters is 1. The molecule has 0 spiro atoms. The van der Waals surface area contributed by atoms with Crippen LogP contribution in [0.25, 0.3) is 0 Å². The molecule has 0 amide bonds. The number of rotatable bonds is 5. The van der Waals surface area contributed by atoms with E-state index < -0.39 is 0 Å². The highest BCUT2D eigenvalue weighted by Gasteiger charge is 2.21. The Bertz CT molecular complexity index is 298. The molecule has 15 heavy (non-hydrogen) atoms. The molecule has 0 aliphatic carbocycles. The molecule has 1 atom stereocenters. The van der Waals surface area contributed by atoms with Crippen LogP contribution in [-0.4, -0.2) is 18.3 Å². The molecule has 0 unspecified atom stereocenters. The van der Waals surface area contributed by atoms with E-state index in [9.17, 15) is 4.79 Å². The first-order chi connectivity index (χ1) is 7.29. The molecular formula is C12H16O2S. The Morgan fingerprint density at radius 3 is 2.53 bits per heavy atom. The van der Waals surface area contributed by atoms with Gasteiger partial charge in [-0.05, 0) is 18.2 Å². The Kier molecular flexibility index (Phi) is 5.26. The number of hydrogen-bond acceptors (Lipinski definition) is 3. The van der Waals surface area contributed by atoms with Crippen LogP contribution in [0.1, 0.15) is 24.7 Å². The lowest BCUT2D eigenvalue weighted by molar-refractivity contribution is -0.142. The lowest BCUT2D eigenvalue weighted by Gasteiger charge is -2.14. The van der Waals surface area contributed by atoms with Gasteiger partial charge in [0, 0.05) is 0 Å². The first kappa shape index (κ1) is 12.1. The zero-order valence-electron chi connectivity index (χ0n) is 9.10. The van der Waals surface area contributed by atoms with Gasteiger partial charge in [0.2, 0.25) is 0 Å². The number of hydrogen-bond donors (Lipinski definition) is 0. The average Bonchev–Trinajstić information content (AvgIpc) is 2.27. The van der Waals surface area contributed by atoms with Crippen molar-refractivity contribution in [2.24, 2.45) is 0 Å². The van der Waals surface area contributed by atoms with E-state index in [2.05, 4.69) is 0 Å². The third-order valence-corrected chi connectivity index (χ3v) is 3.07. The van der Waals surface area contributed by atoms with Crippen LogP contribution in [0.3, 0.4) is 0 Å². The molecule has 0 saturated heterocycles. The molecule has 0 N–H and O–H groups in total. The van der Waals surface area contributed by atoms with Gasteiger partial charge in [-0.2, -0.15) is 0 Å². The van der Waals surface area contributed by atoms with Crippen molar-refractivity contribution in [2.75, 3.05) is 12.4 Å². The third kappa shape index (κ3) is 3.59. The monoisotopic (exact) mass is 224 g/mol. The summed E-state index contributed by atoms with van der Waals surface area (Å²) in [7, 11) is 0. The maximum Gasteiger partial charge on any atom is 0.323 e. The molecule has 1 rings (SSSR count). The van der Waals surface area contributed by atoms with E-state index in [1.54, 1.807) is 11.8 Å². The normalized spacial score (nSPS) is 12.1. The minimum atomic E-state index is -0.184. The van der Waals surface area contributed by atoms with Gasteiger partial charge in [-0.25, -0.2) is 0 Å². The summed E-state index contributed by atoms with van der Waals surface area (Å²) in [5, 5.41) is -0.184. The minimum Gasteiger partial charge on any atom is -0.465 e. The number of carbonyl (C=O) groups excluding carboxylic acids is 1. The van der Waals surface area contributed by atoms with Crippen molar-refractivity contribution >= 4 is 17.7 Å². The van der Waals surface area contributed by atoms with Gasteiger partial charge in [0.15, 0.2) is 0 Å². The highest BCUT2D eigenvalue weighted by atomic mass is 32.2. The summed E-state index contributed by atoms with van der Waals surface area (Å²) in [6, 6.07) is 9.76. The lowest BCUT2D eigenvalue weighted by atomic mass is 10.1. The average molecular weight is 224 g/mol. The van der Waals surface area contributed by atoms with Gasteiger partial charge in [0.05, 0.1) is 6.61 Å². The van der Waals surface area contributed by atoms with Crippen LogP contribution in [0, 0.1) is 0 Å². The van der Waals surface area contributed by atoms with Gasteiger partial charge < -0.3 is 4.74 Å². The SMILES string of the molecule is CCOC(=O)[C@@H](SCC)c1ccccc1. The van der Waals surface area contributed by atoms with E-state index in [4.69, 9.17) is 4.74 Å². The standard InChI is InChI=1S/C12H16O2S/c1-3-14-12(13)11(15-4-2)10-8-6-5-7-9-10/h5-9,11H,3-4H2,1-2H3/t11-/m0/s1. The van der Waals surface area contributed by atoms with Gasteiger partial charge in [0.25, 0.3) is 0 Å². The highest BCUT2D eigenvalue weighted by Crippen LogP contribution is 2.29. The second kappa shape index (κ2) is 6.51. The minimum absolute atomic E-state index is 0.143. The number of benzene rings is 1. The molecule has 82 valence electrons. The van der Waals surface area contributed by atoms with Gasteiger partial charge >= 0.3 is 5.97 Å². The third-order valence-electron chi connectivity index (χ3n) is 1.94. The fraction of sp³-hybridized carbons (Fsp3) is 0.417. The Morgan fingerprint density at radius 2 is 2.00 bits per heavy atom. The molecule has 0 saturated carbocycles. The summed E-state index contributed by atoms with van der Waals surface area (Å²) in [6.45, 7) is 4.31. The van der Waals surface area contributed by atoms with Crippen molar-refractivity contribution in [2.45, 2.75) is 19.1 Å². The molecular weight excluding hydrogens is 208 g/mol. The molecule has 0 aromatic heterocycles. The zero-order valence-corrected chi connectivity index (χ0v) is 9.92. The molecule has 1 aromatic rings. The summed E-state index contributed by atoms with van der Waals surface area (Å²) < 4.78 is 5.05. The smallest absolute Gasteiger partial charge is 0.323 e. The molecule has 2 nitrogen and oxygen atoms in total. The molecule has 1 aromatic carbocycles. The summed E-state index contributed by atoms with van der Waals surface area (Å²) in [5.41, 5.74) is 1.02. The molecule has 0 radical (unpaired) electrons. The summed E-state index contributed by atoms with van der Waals surface area (Å²) in [4.78, 5) is 11.7. The van der Waals surface area contributed by atoms with Gasteiger partial charge in [0.1, 0.15) is 5.25 Å². The number of ether oxygens (including phenoxy) is 1. The Hall–Kier alpha value is -0.960. The zero-order chi connectivity index (χ0) is 11.1. The van der Waals surface area contributed by atoms with Crippen LogP contribution in [0.15, 0.2) is 30.3 Å². The molecule has 0 aliphatic rings. The van der Waals surface area contributed by atoms with Crippen LogP contribution >= 0.6 is 11.8 Å². The largest absolute Gasteiger partial charge is 0.465 e. The Balaban J connectivity index is 2.78. The van der Waals surface area contributed by atoms with Crippen LogP contribution in [-0.2, 0) is 9.53 Å². The summed E-state index contributed by atoms with van der Waals surface area (Å²) in [5.74, 6) is 0.758. The van der Waals surface area contributed by atoms with Crippen molar-refractivity contribution in [3.8, 4) is 0 Å². The van der Waals surface area contributed by atoms with E-state index in [1.807, 2.05) is 44.2 Å². The second-order valence-corrected chi connectivity index (χ2v) is 4.38. The van der Waals surface area contributed by atoms with Crippen molar-refractivity contribution in [1.29, 1.82) is 0 Å².